The molecule has 0 radical (unpaired) electrons. The molecule has 21 heavy (non-hydrogen) atoms. The van der Waals surface area contributed by atoms with Crippen molar-refractivity contribution in [2.24, 2.45) is 4.99 Å². The van der Waals surface area contributed by atoms with Gasteiger partial charge in [-0.05, 0) is 36.4 Å². The smallest absolute Gasteiger partial charge is 0.175 e. The van der Waals surface area contributed by atoms with Crippen LogP contribution < -0.4 is 0 Å². The first kappa shape index (κ1) is 13.6. The van der Waals surface area contributed by atoms with E-state index in [0.29, 0.717) is 11.4 Å². The predicted octanol–water partition coefficient (Wildman–Crippen LogP) is 3.59. The molecule has 5 heteroatoms. The third kappa shape index (κ3) is 3.03. The summed E-state index contributed by atoms with van der Waals surface area (Å²) in [6.07, 6.45) is 2.80. The van der Waals surface area contributed by atoms with Crippen LogP contribution in [-0.4, -0.2) is 20.9 Å². The maximum atomic E-state index is 11.4. The van der Waals surface area contributed by atoms with Crippen molar-refractivity contribution in [2.75, 3.05) is 6.26 Å². The maximum absolute atomic E-state index is 11.4. The topological polar surface area (TPSA) is 59.6 Å². The first-order chi connectivity index (χ1) is 10.0. The SMILES string of the molecule is CS(=O)(=O)c1ccc(N=Cc2cc3ccccc3o2)cc1. The van der Waals surface area contributed by atoms with Crippen LogP contribution in [0.5, 0.6) is 0 Å². The Morgan fingerprint density at radius 3 is 2.43 bits per heavy atom. The van der Waals surface area contributed by atoms with E-state index in [0.717, 1.165) is 11.0 Å². The average molecular weight is 299 g/mol. The first-order valence-electron chi connectivity index (χ1n) is 6.35. The lowest BCUT2D eigenvalue weighted by molar-refractivity contribution is 0.602. The second-order valence-electron chi connectivity index (χ2n) is 4.71. The molecule has 1 aromatic heterocycles. The van der Waals surface area contributed by atoms with Gasteiger partial charge in [-0.1, -0.05) is 18.2 Å². The quantitative estimate of drug-likeness (QED) is 0.694. The summed E-state index contributed by atoms with van der Waals surface area (Å²) < 4.78 is 28.4. The van der Waals surface area contributed by atoms with Crippen molar-refractivity contribution in [1.29, 1.82) is 0 Å². The Bertz CT molecular complexity index is 873. The minimum absolute atomic E-state index is 0.283. The Labute approximate surface area is 122 Å². The lowest BCUT2D eigenvalue weighted by atomic mass is 10.2. The predicted molar refractivity (Wildman–Crippen MR) is 83.0 cm³/mol. The molecule has 2 aromatic carbocycles. The summed E-state index contributed by atoms with van der Waals surface area (Å²) in [6.45, 7) is 0. The molecule has 106 valence electrons. The van der Waals surface area contributed by atoms with E-state index in [1.807, 2.05) is 30.3 Å². The third-order valence-electron chi connectivity index (χ3n) is 3.05. The zero-order chi connectivity index (χ0) is 14.9. The molecule has 0 atom stereocenters. The fourth-order valence-electron chi connectivity index (χ4n) is 1.98. The third-order valence-corrected chi connectivity index (χ3v) is 4.18. The van der Waals surface area contributed by atoms with Crippen LogP contribution in [0.15, 0.2) is 68.9 Å². The largest absolute Gasteiger partial charge is 0.455 e. The molecule has 4 nitrogen and oxygen atoms in total. The fraction of sp³-hybridized carbons (Fsp3) is 0.0625. The number of fused-ring (bicyclic) bond motifs is 1. The monoisotopic (exact) mass is 299 g/mol. The lowest BCUT2D eigenvalue weighted by Crippen LogP contribution is -1.95. The zero-order valence-electron chi connectivity index (χ0n) is 11.4. The van der Waals surface area contributed by atoms with E-state index in [2.05, 4.69) is 4.99 Å². The van der Waals surface area contributed by atoms with Gasteiger partial charge in [-0.15, -0.1) is 0 Å². The minimum atomic E-state index is -3.17. The Hall–Kier alpha value is -2.40. The van der Waals surface area contributed by atoms with Gasteiger partial charge in [0.1, 0.15) is 11.3 Å². The van der Waals surface area contributed by atoms with E-state index in [4.69, 9.17) is 4.42 Å². The summed E-state index contributed by atoms with van der Waals surface area (Å²) >= 11 is 0. The molecule has 0 saturated carbocycles. The summed E-state index contributed by atoms with van der Waals surface area (Å²) in [7, 11) is -3.17. The van der Waals surface area contributed by atoms with E-state index in [1.54, 1.807) is 30.5 Å². The molecule has 3 aromatic rings. The number of rotatable bonds is 3. The van der Waals surface area contributed by atoms with Gasteiger partial charge in [0, 0.05) is 11.6 Å². The van der Waals surface area contributed by atoms with Crippen molar-refractivity contribution in [2.45, 2.75) is 4.90 Å². The highest BCUT2D eigenvalue weighted by Crippen LogP contribution is 2.19. The van der Waals surface area contributed by atoms with Gasteiger partial charge in [0.05, 0.1) is 16.8 Å². The van der Waals surface area contributed by atoms with Crippen LogP contribution in [0.2, 0.25) is 0 Å². The van der Waals surface area contributed by atoms with Gasteiger partial charge in [0.2, 0.25) is 0 Å². The molecule has 0 fully saturated rings. The summed E-state index contributed by atoms with van der Waals surface area (Å²) in [6, 6.07) is 16.0. The van der Waals surface area contributed by atoms with Crippen molar-refractivity contribution in [3.05, 3.63) is 60.4 Å². The van der Waals surface area contributed by atoms with Crippen LogP contribution in [0, 0.1) is 0 Å². The number of para-hydroxylation sites is 1. The number of sulfone groups is 1. The molecule has 0 saturated heterocycles. The standard InChI is InChI=1S/C16H13NO3S/c1-21(18,19)15-8-6-13(7-9-15)17-11-14-10-12-4-2-3-5-16(12)20-14/h2-11H,1H3. The zero-order valence-corrected chi connectivity index (χ0v) is 12.2. The summed E-state index contributed by atoms with van der Waals surface area (Å²) in [4.78, 5) is 4.56. The van der Waals surface area contributed by atoms with E-state index in [-0.39, 0.29) is 4.90 Å². The Kier molecular flexibility index (Phi) is 3.35. The van der Waals surface area contributed by atoms with Crippen LogP contribution in [0.25, 0.3) is 11.0 Å². The van der Waals surface area contributed by atoms with Crippen molar-refractivity contribution < 1.29 is 12.8 Å². The molecular weight excluding hydrogens is 286 g/mol. The number of hydrogen-bond donors (Lipinski definition) is 0. The molecular formula is C16H13NO3S. The highest BCUT2D eigenvalue weighted by atomic mass is 32.2. The van der Waals surface area contributed by atoms with E-state index < -0.39 is 9.84 Å². The maximum Gasteiger partial charge on any atom is 0.175 e. The molecule has 0 aliphatic rings. The van der Waals surface area contributed by atoms with Crippen LogP contribution in [-0.2, 0) is 9.84 Å². The normalized spacial score (nSPS) is 12.2. The number of nitrogens with zero attached hydrogens (tertiary/aromatic N) is 1. The second kappa shape index (κ2) is 5.18. The minimum Gasteiger partial charge on any atom is -0.455 e. The summed E-state index contributed by atoms with van der Waals surface area (Å²) in [5.74, 6) is 0.656. The van der Waals surface area contributed by atoms with Crippen molar-refractivity contribution >= 4 is 32.7 Å². The molecule has 1 heterocycles. The van der Waals surface area contributed by atoms with Gasteiger partial charge in [-0.3, -0.25) is 4.99 Å². The number of hydrogen-bond acceptors (Lipinski definition) is 4. The first-order valence-corrected chi connectivity index (χ1v) is 8.24. The Morgan fingerprint density at radius 2 is 1.76 bits per heavy atom. The molecule has 0 aliphatic carbocycles. The van der Waals surface area contributed by atoms with Gasteiger partial charge >= 0.3 is 0 Å². The van der Waals surface area contributed by atoms with Gasteiger partial charge in [-0.2, -0.15) is 0 Å². The molecule has 3 rings (SSSR count). The van der Waals surface area contributed by atoms with Crippen LogP contribution in [0.1, 0.15) is 5.76 Å². The molecule has 0 bridgehead atoms. The second-order valence-corrected chi connectivity index (χ2v) is 6.73. The lowest BCUT2D eigenvalue weighted by Gasteiger charge is -1.97. The number of benzene rings is 2. The van der Waals surface area contributed by atoms with E-state index >= 15 is 0 Å². The molecule has 0 amide bonds. The van der Waals surface area contributed by atoms with Gasteiger partial charge in [0.15, 0.2) is 9.84 Å². The summed E-state index contributed by atoms with van der Waals surface area (Å²) in [5.41, 5.74) is 1.48. The average Bonchev–Trinajstić information content (AvgIpc) is 2.87. The number of furan rings is 1. The molecule has 0 N–H and O–H groups in total. The molecule has 0 spiro atoms. The fourth-order valence-corrected chi connectivity index (χ4v) is 2.61. The van der Waals surface area contributed by atoms with Gasteiger partial charge in [-0.25, -0.2) is 8.42 Å². The summed E-state index contributed by atoms with van der Waals surface area (Å²) in [5, 5.41) is 1.02. The highest BCUT2D eigenvalue weighted by molar-refractivity contribution is 7.90. The van der Waals surface area contributed by atoms with E-state index in [9.17, 15) is 8.42 Å². The molecule has 0 aliphatic heterocycles. The van der Waals surface area contributed by atoms with Crippen molar-refractivity contribution in [1.82, 2.24) is 0 Å². The van der Waals surface area contributed by atoms with Gasteiger partial charge < -0.3 is 4.42 Å². The van der Waals surface area contributed by atoms with Crippen LogP contribution in [0.3, 0.4) is 0 Å². The van der Waals surface area contributed by atoms with Crippen molar-refractivity contribution in [3.8, 4) is 0 Å². The van der Waals surface area contributed by atoms with Gasteiger partial charge in [0.25, 0.3) is 0 Å². The van der Waals surface area contributed by atoms with Crippen molar-refractivity contribution in [3.63, 3.8) is 0 Å². The van der Waals surface area contributed by atoms with Crippen LogP contribution >= 0.6 is 0 Å². The van der Waals surface area contributed by atoms with E-state index in [1.165, 1.54) is 6.26 Å². The highest BCUT2D eigenvalue weighted by Gasteiger charge is 2.05. The number of aliphatic imine (C=N–C) groups is 1. The Balaban J connectivity index is 1.85. The van der Waals surface area contributed by atoms with Crippen LogP contribution in [0.4, 0.5) is 5.69 Å². The Morgan fingerprint density at radius 1 is 1.05 bits per heavy atom. The molecule has 0 unspecified atom stereocenters.